The number of likely N-dealkylation sites (tertiary alicyclic amines) is 1. The van der Waals surface area contributed by atoms with Crippen molar-refractivity contribution < 1.29 is 22.7 Å². The highest BCUT2D eigenvalue weighted by Gasteiger charge is 2.48. The van der Waals surface area contributed by atoms with Gasteiger partial charge in [0.1, 0.15) is 10.6 Å². The minimum Gasteiger partial charge on any atom is -0.495 e. The number of fused-ring (bicyclic) bond motifs is 2. The number of carbonyl (C=O) groups excluding carboxylic acids is 2. The fourth-order valence-corrected chi connectivity index (χ4v) is 7.21. The van der Waals surface area contributed by atoms with Gasteiger partial charge in [0.25, 0.3) is 10.0 Å². The van der Waals surface area contributed by atoms with Crippen LogP contribution < -0.4 is 9.04 Å². The van der Waals surface area contributed by atoms with E-state index in [2.05, 4.69) is 0 Å². The van der Waals surface area contributed by atoms with Crippen LogP contribution in [-0.4, -0.2) is 38.8 Å². The molecule has 174 valence electrons. The number of aryl methyl sites for hydroxylation is 1. The summed E-state index contributed by atoms with van der Waals surface area (Å²) in [5, 5.41) is 0. The zero-order valence-corrected chi connectivity index (χ0v) is 19.5. The fourth-order valence-electron chi connectivity index (χ4n) is 5.46. The first-order valence-corrected chi connectivity index (χ1v) is 13.0. The van der Waals surface area contributed by atoms with Crippen LogP contribution in [0.4, 0.5) is 5.69 Å². The Labute approximate surface area is 194 Å². The number of ether oxygens (including phenoxy) is 1. The predicted octanol–water partition coefficient (Wildman–Crippen LogP) is 3.51. The summed E-state index contributed by atoms with van der Waals surface area (Å²) in [6.45, 7) is 0.465. The van der Waals surface area contributed by atoms with Gasteiger partial charge in [-0.25, -0.2) is 8.42 Å². The van der Waals surface area contributed by atoms with E-state index in [1.807, 2.05) is 24.3 Å². The summed E-state index contributed by atoms with van der Waals surface area (Å²) in [7, 11) is -2.46. The summed E-state index contributed by atoms with van der Waals surface area (Å²) < 4.78 is 34.3. The second-order valence-electron chi connectivity index (χ2n) is 9.05. The van der Waals surface area contributed by atoms with E-state index in [1.165, 1.54) is 16.3 Å². The van der Waals surface area contributed by atoms with Gasteiger partial charge in [-0.1, -0.05) is 37.1 Å². The van der Waals surface area contributed by atoms with Gasteiger partial charge in [0, 0.05) is 6.54 Å². The largest absolute Gasteiger partial charge is 0.495 e. The van der Waals surface area contributed by atoms with Gasteiger partial charge < -0.3 is 4.74 Å². The van der Waals surface area contributed by atoms with Gasteiger partial charge >= 0.3 is 0 Å². The van der Waals surface area contributed by atoms with Crippen molar-refractivity contribution in [3.8, 4) is 5.75 Å². The average Bonchev–Trinajstić information content (AvgIpc) is 3.08. The zero-order valence-electron chi connectivity index (χ0n) is 18.7. The summed E-state index contributed by atoms with van der Waals surface area (Å²) in [6, 6.07) is 12.4. The van der Waals surface area contributed by atoms with Gasteiger partial charge in [-0.3, -0.25) is 18.8 Å². The van der Waals surface area contributed by atoms with Crippen molar-refractivity contribution in [2.24, 2.45) is 11.8 Å². The van der Waals surface area contributed by atoms with Crippen molar-refractivity contribution in [1.29, 1.82) is 0 Å². The summed E-state index contributed by atoms with van der Waals surface area (Å²) in [6.07, 6.45) is 5.01. The Morgan fingerprint density at radius 1 is 0.970 bits per heavy atom. The van der Waals surface area contributed by atoms with E-state index in [1.54, 1.807) is 18.2 Å². The summed E-state index contributed by atoms with van der Waals surface area (Å²) >= 11 is 0. The molecule has 7 nitrogen and oxygen atoms in total. The fraction of sp³-hybridized carbons (Fsp3) is 0.440. The lowest BCUT2D eigenvalue weighted by Gasteiger charge is -2.31. The Hall–Kier alpha value is -2.87. The van der Waals surface area contributed by atoms with Gasteiger partial charge in [-0.2, -0.15) is 0 Å². The minimum atomic E-state index is -3.90. The van der Waals surface area contributed by atoms with Crippen LogP contribution >= 0.6 is 0 Å². The van der Waals surface area contributed by atoms with Gasteiger partial charge in [0.2, 0.25) is 11.8 Å². The van der Waals surface area contributed by atoms with E-state index in [0.717, 1.165) is 44.1 Å². The highest BCUT2D eigenvalue weighted by atomic mass is 32.2. The molecule has 1 saturated carbocycles. The van der Waals surface area contributed by atoms with Crippen LogP contribution in [0, 0.1) is 11.8 Å². The SMILES string of the molecule is COc1ccc(CN2C(=O)[C@H]3CCCC[C@@H]3C2=O)cc1S(=O)(=O)N1CCCc2ccccc21. The number of rotatable bonds is 5. The quantitative estimate of drug-likeness (QED) is 0.627. The molecule has 0 spiro atoms. The lowest BCUT2D eigenvalue weighted by Crippen LogP contribution is -2.36. The van der Waals surface area contributed by atoms with Crippen LogP contribution in [0.15, 0.2) is 47.4 Å². The maximum atomic E-state index is 13.8. The van der Waals surface area contributed by atoms with Gasteiger partial charge in [-0.05, 0) is 55.0 Å². The van der Waals surface area contributed by atoms with Crippen molar-refractivity contribution in [3.05, 3.63) is 53.6 Å². The molecular formula is C25H28N2O5S. The Kier molecular flexibility index (Phi) is 5.64. The van der Waals surface area contributed by atoms with Crippen molar-refractivity contribution in [2.45, 2.75) is 50.0 Å². The lowest BCUT2D eigenvalue weighted by atomic mass is 9.81. The number of para-hydroxylation sites is 1. The first-order chi connectivity index (χ1) is 15.9. The van der Waals surface area contributed by atoms with Crippen molar-refractivity contribution in [3.63, 3.8) is 0 Å². The predicted molar refractivity (Wildman–Crippen MR) is 123 cm³/mol. The molecule has 2 atom stereocenters. The third kappa shape index (κ3) is 3.70. The van der Waals surface area contributed by atoms with Crippen LogP contribution in [0.3, 0.4) is 0 Å². The maximum absolute atomic E-state index is 13.8. The molecule has 0 bridgehead atoms. The number of carbonyl (C=O) groups is 2. The number of hydrogen-bond acceptors (Lipinski definition) is 5. The standard InChI is InChI=1S/C25H28N2O5S/c1-32-22-13-12-17(16-26-24(28)19-9-3-4-10-20(19)25(26)29)15-23(22)33(30,31)27-14-6-8-18-7-2-5-11-21(18)27/h2,5,7,11-13,15,19-20H,3-4,6,8-10,14,16H2,1H3/t19-,20-/m0/s1. The lowest BCUT2D eigenvalue weighted by molar-refractivity contribution is -0.140. The van der Waals surface area contributed by atoms with E-state index in [9.17, 15) is 18.0 Å². The zero-order chi connectivity index (χ0) is 23.2. The van der Waals surface area contributed by atoms with E-state index in [4.69, 9.17) is 4.74 Å². The molecule has 8 heteroatoms. The molecule has 0 N–H and O–H groups in total. The number of hydrogen-bond donors (Lipinski definition) is 0. The molecule has 2 fully saturated rings. The average molecular weight is 469 g/mol. The van der Waals surface area contributed by atoms with Crippen molar-refractivity contribution >= 4 is 27.5 Å². The minimum absolute atomic E-state index is 0.0516. The molecule has 2 amide bonds. The molecule has 0 radical (unpaired) electrons. The summed E-state index contributed by atoms with van der Waals surface area (Å²) in [5.41, 5.74) is 2.28. The number of nitrogens with zero attached hydrogens (tertiary/aromatic N) is 2. The number of methoxy groups -OCH3 is 1. The van der Waals surface area contributed by atoms with E-state index >= 15 is 0 Å². The third-order valence-electron chi connectivity index (χ3n) is 7.14. The van der Waals surface area contributed by atoms with Crippen LogP contribution in [0.2, 0.25) is 0 Å². The van der Waals surface area contributed by atoms with E-state index in [0.29, 0.717) is 17.8 Å². The number of anilines is 1. The Morgan fingerprint density at radius 3 is 2.36 bits per heavy atom. The molecule has 0 unspecified atom stereocenters. The Morgan fingerprint density at radius 2 is 1.67 bits per heavy atom. The Bertz CT molecular complexity index is 1190. The molecule has 2 aliphatic heterocycles. The second kappa shape index (κ2) is 8.48. The molecule has 1 aliphatic carbocycles. The number of imide groups is 1. The summed E-state index contributed by atoms with van der Waals surface area (Å²) in [4.78, 5) is 27.2. The van der Waals surface area contributed by atoms with Gasteiger partial charge in [0.05, 0.1) is 31.2 Å². The molecule has 3 aliphatic rings. The molecule has 33 heavy (non-hydrogen) atoms. The highest BCUT2D eigenvalue weighted by Crippen LogP contribution is 2.39. The normalized spacial score (nSPS) is 22.8. The van der Waals surface area contributed by atoms with Gasteiger partial charge in [-0.15, -0.1) is 0 Å². The number of amides is 2. The monoisotopic (exact) mass is 468 g/mol. The van der Waals surface area contributed by atoms with Crippen LogP contribution in [-0.2, 0) is 32.6 Å². The van der Waals surface area contributed by atoms with E-state index in [-0.39, 0.29) is 40.8 Å². The molecular weight excluding hydrogens is 440 g/mol. The molecule has 2 heterocycles. The van der Waals surface area contributed by atoms with Crippen molar-refractivity contribution in [1.82, 2.24) is 4.90 Å². The smallest absolute Gasteiger partial charge is 0.268 e. The topological polar surface area (TPSA) is 84.0 Å². The third-order valence-corrected chi connectivity index (χ3v) is 8.97. The highest BCUT2D eigenvalue weighted by molar-refractivity contribution is 7.93. The first kappa shape index (κ1) is 21.9. The molecule has 2 aromatic rings. The molecule has 0 aromatic heterocycles. The molecule has 5 rings (SSSR count). The number of sulfonamides is 1. The second-order valence-corrected chi connectivity index (χ2v) is 10.9. The Balaban J connectivity index is 1.48. The van der Waals surface area contributed by atoms with Crippen molar-refractivity contribution in [2.75, 3.05) is 18.0 Å². The first-order valence-electron chi connectivity index (χ1n) is 11.5. The van der Waals surface area contributed by atoms with Crippen LogP contribution in [0.25, 0.3) is 0 Å². The van der Waals surface area contributed by atoms with Crippen LogP contribution in [0.5, 0.6) is 5.75 Å². The molecule has 2 aromatic carbocycles. The maximum Gasteiger partial charge on any atom is 0.268 e. The van der Waals surface area contributed by atoms with E-state index < -0.39 is 10.0 Å². The summed E-state index contributed by atoms with van der Waals surface area (Å²) in [5.74, 6) is -0.463. The van der Waals surface area contributed by atoms with Gasteiger partial charge in [0.15, 0.2) is 0 Å². The number of benzene rings is 2. The molecule has 1 saturated heterocycles. The van der Waals surface area contributed by atoms with Crippen LogP contribution in [0.1, 0.15) is 43.2 Å².